The minimum absolute atomic E-state index is 0.247. The molecule has 0 radical (unpaired) electrons. The lowest BCUT2D eigenvalue weighted by molar-refractivity contribution is 0.0980. The molecule has 3 rings (SSSR count). The number of aromatic nitrogens is 1. The Labute approximate surface area is 171 Å². The van der Waals surface area contributed by atoms with Gasteiger partial charge in [0.25, 0.3) is 5.91 Å². The lowest BCUT2D eigenvalue weighted by Crippen LogP contribution is -2.19. The summed E-state index contributed by atoms with van der Waals surface area (Å²) in [7, 11) is 0. The molecule has 0 fully saturated rings. The van der Waals surface area contributed by atoms with Crippen molar-refractivity contribution >= 4 is 40.0 Å². The Bertz CT molecular complexity index is 1030. The van der Waals surface area contributed by atoms with E-state index >= 15 is 0 Å². The van der Waals surface area contributed by atoms with E-state index in [0.29, 0.717) is 23.1 Å². The number of anilines is 2. The number of nitrogens with zero attached hydrogens (tertiary/aromatic N) is 3. The summed E-state index contributed by atoms with van der Waals surface area (Å²) >= 11 is 2.52. The smallest absolute Gasteiger partial charge is 0.280 e. The highest BCUT2D eigenvalue weighted by atomic mass is 32.2. The molecule has 0 bridgehead atoms. The Morgan fingerprint density at radius 2 is 2.07 bits per heavy atom. The molecule has 0 aliphatic rings. The van der Waals surface area contributed by atoms with E-state index in [1.807, 2.05) is 43.3 Å². The molecule has 1 N–H and O–H groups in total. The van der Waals surface area contributed by atoms with Crippen LogP contribution in [0.25, 0.3) is 0 Å². The largest absolute Gasteiger partial charge is 0.311 e. The summed E-state index contributed by atoms with van der Waals surface area (Å²) in [5.74, 6) is -0.801. The molecule has 1 amide bonds. The van der Waals surface area contributed by atoms with Crippen LogP contribution in [0.4, 0.5) is 15.2 Å². The van der Waals surface area contributed by atoms with Crippen molar-refractivity contribution in [3.63, 3.8) is 0 Å². The van der Waals surface area contributed by atoms with Gasteiger partial charge in [-0.2, -0.15) is 5.26 Å². The van der Waals surface area contributed by atoms with Crippen LogP contribution in [-0.2, 0) is 6.54 Å². The maximum Gasteiger partial charge on any atom is 0.280 e. The second kappa shape index (κ2) is 8.87. The molecule has 142 valence electrons. The first kappa shape index (κ1) is 19.9. The van der Waals surface area contributed by atoms with Gasteiger partial charge in [-0.15, -0.1) is 11.3 Å². The zero-order chi connectivity index (χ0) is 20.1. The van der Waals surface area contributed by atoms with Crippen LogP contribution < -0.4 is 9.62 Å². The monoisotopic (exact) mass is 412 g/mol. The van der Waals surface area contributed by atoms with Crippen LogP contribution in [0.15, 0.2) is 48.5 Å². The number of thiazole rings is 1. The molecular formula is C20H17FN4OS2. The Morgan fingerprint density at radius 3 is 2.71 bits per heavy atom. The first-order valence-corrected chi connectivity index (χ1v) is 10.4. The van der Waals surface area contributed by atoms with Gasteiger partial charge in [0.2, 0.25) is 0 Å². The molecule has 1 heterocycles. The molecule has 0 atom stereocenters. The quantitative estimate of drug-likeness (QED) is 0.589. The Morgan fingerprint density at radius 1 is 1.32 bits per heavy atom. The maximum absolute atomic E-state index is 14.8. The van der Waals surface area contributed by atoms with Gasteiger partial charge in [-0.25, -0.2) is 9.37 Å². The molecular weight excluding hydrogens is 395 g/mol. The maximum atomic E-state index is 14.8. The number of hydrogen-bond acceptors (Lipinski definition) is 6. The van der Waals surface area contributed by atoms with E-state index in [1.54, 1.807) is 23.3 Å². The van der Waals surface area contributed by atoms with Crippen LogP contribution in [0.3, 0.4) is 0 Å². The van der Waals surface area contributed by atoms with E-state index in [-0.39, 0.29) is 11.5 Å². The lowest BCUT2D eigenvalue weighted by Gasteiger charge is -2.23. The molecule has 0 saturated carbocycles. The first-order chi connectivity index (χ1) is 13.5. The van der Waals surface area contributed by atoms with Gasteiger partial charge in [0.15, 0.2) is 5.13 Å². The van der Waals surface area contributed by atoms with E-state index < -0.39 is 5.82 Å². The van der Waals surface area contributed by atoms with Crippen molar-refractivity contribution in [3.05, 3.63) is 76.0 Å². The third-order valence-electron chi connectivity index (χ3n) is 3.98. The molecule has 0 unspecified atom stereocenters. The summed E-state index contributed by atoms with van der Waals surface area (Å²) in [6, 6.07) is 15.9. The van der Waals surface area contributed by atoms with E-state index in [1.165, 1.54) is 29.4 Å². The van der Waals surface area contributed by atoms with Gasteiger partial charge in [0.1, 0.15) is 11.5 Å². The summed E-state index contributed by atoms with van der Waals surface area (Å²) in [5, 5.41) is 9.52. The fourth-order valence-electron chi connectivity index (χ4n) is 2.67. The molecule has 0 spiro atoms. The van der Waals surface area contributed by atoms with Crippen molar-refractivity contribution in [2.75, 3.05) is 11.2 Å². The highest BCUT2D eigenvalue weighted by Crippen LogP contribution is 2.34. The number of rotatable bonds is 6. The standard InChI is InChI=1S/C20H17FN4OS2/c1-13-18(19(26)24-27-2)23-20(28-13)25(12-14-6-4-3-5-7-14)17-9-8-15(11-22)10-16(17)21/h3-10H,12H2,1-2H3,(H,24,26). The second-order valence-corrected chi connectivity index (χ2v) is 7.68. The van der Waals surface area contributed by atoms with Crippen LogP contribution in [0.5, 0.6) is 0 Å². The molecule has 0 aliphatic carbocycles. The van der Waals surface area contributed by atoms with Gasteiger partial charge in [0.05, 0.1) is 23.9 Å². The van der Waals surface area contributed by atoms with Gasteiger partial charge in [-0.05, 0) is 30.7 Å². The Hall–Kier alpha value is -2.89. The van der Waals surface area contributed by atoms with Crippen molar-refractivity contribution in [2.45, 2.75) is 13.5 Å². The zero-order valence-corrected chi connectivity index (χ0v) is 16.9. The number of hydrogen-bond donors (Lipinski definition) is 1. The van der Waals surface area contributed by atoms with Crippen LogP contribution in [0.2, 0.25) is 0 Å². The van der Waals surface area contributed by atoms with Crippen LogP contribution in [-0.4, -0.2) is 17.1 Å². The number of halogens is 1. The molecule has 8 heteroatoms. The van der Waals surface area contributed by atoms with E-state index in [4.69, 9.17) is 5.26 Å². The van der Waals surface area contributed by atoms with Gasteiger partial charge in [-0.3, -0.25) is 9.52 Å². The number of carbonyl (C=O) groups excluding carboxylic acids is 1. The third-order valence-corrected chi connectivity index (χ3v) is 5.36. The number of nitrogens with one attached hydrogen (secondary N) is 1. The SMILES string of the molecule is CSNC(=O)c1nc(N(Cc2ccccc2)c2ccc(C#N)cc2F)sc1C. The van der Waals surface area contributed by atoms with Crippen molar-refractivity contribution < 1.29 is 9.18 Å². The highest BCUT2D eigenvalue weighted by Gasteiger charge is 2.22. The number of benzene rings is 2. The summed E-state index contributed by atoms with van der Waals surface area (Å²) in [6.07, 6.45) is 1.76. The predicted molar refractivity (Wildman–Crippen MR) is 111 cm³/mol. The summed E-state index contributed by atoms with van der Waals surface area (Å²) < 4.78 is 17.4. The Kier molecular flexibility index (Phi) is 6.29. The topological polar surface area (TPSA) is 69.0 Å². The average molecular weight is 413 g/mol. The van der Waals surface area contributed by atoms with Crippen molar-refractivity contribution in [2.24, 2.45) is 0 Å². The van der Waals surface area contributed by atoms with Gasteiger partial charge < -0.3 is 4.90 Å². The van der Waals surface area contributed by atoms with Crippen LogP contribution >= 0.6 is 23.3 Å². The third kappa shape index (κ3) is 4.32. The van der Waals surface area contributed by atoms with E-state index in [9.17, 15) is 9.18 Å². The highest BCUT2D eigenvalue weighted by molar-refractivity contribution is 7.97. The molecule has 5 nitrogen and oxygen atoms in total. The number of nitriles is 1. The van der Waals surface area contributed by atoms with Gasteiger partial charge in [-0.1, -0.05) is 42.3 Å². The Balaban J connectivity index is 2.06. The minimum Gasteiger partial charge on any atom is -0.311 e. The van der Waals surface area contributed by atoms with Crippen LogP contribution in [0.1, 0.15) is 26.5 Å². The summed E-state index contributed by atoms with van der Waals surface area (Å²) in [4.78, 5) is 19.2. The lowest BCUT2D eigenvalue weighted by atomic mass is 10.1. The first-order valence-electron chi connectivity index (χ1n) is 8.35. The normalized spacial score (nSPS) is 10.4. The molecule has 0 aliphatic heterocycles. The van der Waals surface area contributed by atoms with Gasteiger partial charge in [0, 0.05) is 11.1 Å². The number of carbonyl (C=O) groups is 1. The number of aryl methyl sites for hydroxylation is 1. The molecule has 3 aromatic rings. The fraction of sp³-hybridized carbons (Fsp3) is 0.150. The molecule has 28 heavy (non-hydrogen) atoms. The predicted octanol–water partition coefficient (Wildman–Crippen LogP) is 4.81. The average Bonchev–Trinajstić information content (AvgIpc) is 3.09. The number of amides is 1. The molecule has 0 saturated heterocycles. The van der Waals surface area contributed by atoms with E-state index in [2.05, 4.69) is 9.71 Å². The summed E-state index contributed by atoms with van der Waals surface area (Å²) in [5.41, 5.74) is 1.83. The molecule has 1 aromatic heterocycles. The second-order valence-electron chi connectivity index (χ2n) is 5.89. The molecule has 2 aromatic carbocycles. The fourth-order valence-corrected chi connectivity index (χ4v) is 3.87. The van der Waals surface area contributed by atoms with E-state index in [0.717, 1.165) is 10.4 Å². The zero-order valence-electron chi connectivity index (χ0n) is 15.3. The minimum atomic E-state index is -0.516. The van der Waals surface area contributed by atoms with Crippen molar-refractivity contribution in [1.29, 1.82) is 5.26 Å². The summed E-state index contributed by atoms with van der Waals surface area (Å²) in [6.45, 7) is 2.19. The van der Waals surface area contributed by atoms with Gasteiger partial charge >= 0.3 is 0 Å². The van der Waals surface area contributed by atoms with Crippen LogP contribution in [0, 0.1) is 24.1 Å². The van der Waals surface area contributed by atoms with Crippen molar-refractivity contribution in [1.82, 2.24) is 9.71 Å². The van der Waals surface area contributed by atoms with Crippen molar-refractivity contribution in [3.8, 4) is 6.07 Å².